The van der Waals surface area contributed by atoms with Crippen LogP contribution in [0.4, 0.5) is 0 Å². The third kappa shape index (κ3) is 3.52. The van der Waals surface area contributed by atoms with Gasteiger partial charge in [0.25, 0.3) is 0 Å². The summed E-state index contributed by atoms with van der Waals surface area (Å²) in [6.45, 7) is 5.24. The summed E-state index contributed by atoms with van der Waals surface area (Å²) in [6, 6.07) is 4.50. The van der Waals surface area contributed by atoms with Gasteiger partial charge in [-0.05, 0) is 42.9 Å². The number of Topliss-reactive ketones (excluding diaryl/α,β-unsaturated/α-hetero) is 1. The lowest BCUT2D eigenvalue weighted by Crippen LogP contribution is -2.50. The Kier molecular flexibility index (Phi) is 5.23. The second kappa shape index (κ2) is 7.65. The Labute approximate surface area is 198 Å². The molecule has 1 saturated heterocycles. The molecule has 0 atom stereocenters. The molecule has 10 heteroatoms. The lowest BCUT2D eigenvalue weighted by Gasteiger charge is -2.48. The number of hydrogen-bond acceptors (Lipinski definition) is 7. The van der Waals surface area contributed by atoms with Crippen LogP contribution in [-0.4, -0.2) is 45.3 Å². The molecule has 1 aromatic rings. The molecule has 176 valence electrons. The topological polar surface area (TPSA) is 100 Å². The van der Waals surface area contributed by atoms with Crippen molar-refractivity contribution in [3.8, 4) is 5.75 Å². The number of sulfonamides is 1. The molecular formula is C23H27ClN4O4S. The summed E-state index contributed by atoms with van der Waals surface area (Å²) >= 11 is 6.18. The number of carbonyl (C=O) groups is 1. The fraction of sp³-hybridized carbons (Fsp3) is 0.522. The third-order valence-corrected chi connectivity index (χ3v) is 9.41. The summed E-state index contributed by atoms with van der Waals surface area (Å²) in [4.78, 5) is 13.5. The molecule has 1 fully saturated rings. The number of dihydropyridines is 1. The highest BCUT2D eigenvalue weighted by atomic mass is 35.5. The van der Waals surface area contributed by atoms with Crippen molar-refractivity contribution in [3.05, 3.63) is 45.9 Å². The van der Waals surface area contributed by atoms with Crippen molar-refractivity contribution in [1.29, 1.82) is 0 Å². The molecule has 0 amide bonds. The monoisotopic (exact) mass is 490 g/mol. The van der Waals surface area contributed by atoms with Crippen molar-refractivity contribution in [1.82, 2.24) is 9.62 Å². The molecule has 33 heavy (non-hydrogen) atoms. The van der Waals surface area contributed by atoms with Gasteiger partial charge in [0.2, 0.25) is 10.0 Å². The number of nitrogens with one attached hydrogen (secondary N) is 1. The molecule has 3 aliphatic heterocycles. The van der Waals surface area contributed by atoms with Gasteiger partial charge >= 0.3 is 0 Å². The fourth-order valence-electron chi connectivity index (χ4n) is 5.68. The van der Waals surface area contributed by atoms with Crippen molar-refractivity contribution >= 4 is 27.4 Å². The van der Waals surface area contributed by atoms with Gasteiger partial charge in [-0.15, -0.1) is 5.11 Å². The van der Waals surface area contributed by atoms with E-state index in [4.69, 9.17) is 16.3 Å². The molecule has 8 nitrogen and oxygen atoms in total. The number of azo groups is 1. The molecule has 1 spiro atoms. The summed E-state index contributed by atoms with van der Waals surface area (Å²) in [5.74, 6) is 1.30. The molecule has 3 heterocycles. The smallest absolute Gasteiger partial charge is 0.243 e. The highest BCUT2D eigenvalue weighted by Gasteiger charge is 2.53. The van der Waals surface area contributed by atoms with Crippen LogP contribution in [0, 0.1) is 10.8 Å². The Hall–Kier alpha value is -2.23. The average Bonchev–Trinajstić information content (AvgIpc) is 3.22. The van der Waals surface area contributed by atoms with E-state index >= 15 is 0 Å². The van der Waals surface area contributed by atoms with E-state index in [0.29, 0.717) is 44.6 Å². The predicted molar refractivity (Wildman–Crippen MR) is 123 cm³/mol. The molecular weight excluding hydrogens is 464 g/mol. The average molecular weight is 491 g/mol. The summed E-state index contributed by atoms with van der Waals surface area (Å²) < 4.78 is 33.3. The zero-order chi connectivity index (χ0) is 23.6. The number of halogens is 1. The Morgan fingerprint density at radius 2 is 1.91 bits per heavy atom. The standard InChI is InChI=1S/C23H27ClN4O4S/c1-22(2)11-17-20(18(29)12-22)23(15-13-25-27-21(15)26-17)6-8-28(9-7-23)33(30,31)14-4-5-19(32-3)16(24)10-14/h4-5,10,26H,6-9,11-13H2,1-3H3. The van der Waals surface area contributed by atoms with E-state index in [9.17, 15) is 13.2 Å². The van der Waals surface area contributed by atoms with Crippen LogP contribution in [0.15, 0.2) is 56.0 Å². The number of rotatable bonds is 3. The Balaban J connectivity index is 1.47. The summed E-state index contributed by atoms with van der Waals surface area (Å²) in [7, 11) is -2.25. The van der Waals surface area contributed by atoms with Crippen LogP contribution in [0.2, 0.25) is 5.02 Å². The number of ether oxygens (including phenoxy) is 1. The van der Waals surface area contributed by atoms with Crippen molar-refractivity contribution in [2.45, 2.75) is 44.4 Å². The van der Waals surface area contributed by atoms with E-state index in [2.05, 4.69) is 29.4 Å². The maximum absolute atomic E-state index is 13.4. The molecule has 0 unspecified atom stereocenters. The molecule has 1 aromatic carbocycles. The van der Waals surface area contributed by atoms with Crippen molar-refractivity contribution < 1.29 is 17.9 Å². The van der Waals surface area contributed by atoms with Gasteiger partial charge in [-0.3, -0.25) is 4.79 Å². The Bertz CT molecular complexity index is 1240. The van der Waals surface area contributed by atoms with Gasteiger partial charge in [0.1, 0.15) is 5.75 Å². The summed E-state index contributed by atoms with van der Waals surface area (Å²) in [5, 5.41) is 12.2. The maximum Gasteiger partial charge on any atom is 0.243 e. The van der Waals surface area contributed by atoms with E-state index < -0.39 is 15.4 Å². The molecule has 0 radical (unpaired) electrons. The number of nitrogens with zero attached hydrogens (tertiary/aromatic N) is 3. The van der Waals surface area contributed by atoms with Crippen LogP contribution in [0.1, 0.15) is 39.5 Å². The quantitative estimate of drug-likeness (QED) is 0.689. The number of ketones is 1. The number of fused-ring (bicyclic) bond motifs is 2. The molecule has 0 aromatic heterocycles. The van der Waals surface area contributed by atoms with Gasteiger partial charge < -0.3 is 10.1 Å². The van der Waals surface area contributed by atoms with Gasteiger partial charge in [-0.1, -0.05) is 25.4 Å². The van der Waals surface area contributed by atoms with Gasteiger partial charge in [-0.2, -0.15) is 9.42 Å². The zero-order valence-electron chi connectivity index (χ0n) is 18.9. The minimum Gasteiger partial charge on any atom is -0.495 e. The van der Waals surface area contributed by atoms with E-state index in [-0.39, 0.29) is 21.1 Å². The van der Waals surface area contributed by atoms with Crippen molar-refractivity contribution in [2.24, 2.45) is 21.1 Å². The fourth-order valence-corrected chi connectivity index (χ4v) is 7.47. The van der Waals surface area contributed by atoms with Crippen LogP contribution in [0.3, 0.4) is 0 Å². The van der Waals surface area contributed by atoms with E-state index in [0.717, 1.165) is 29.1 Å². The number of allylic oxidation sites excluding steroid dienone is 2. The van der Waals surface area contributed by atoms with Crippen molar-refractivity contribution in [2.75, 3.05) is 26.7 Å². The second-order valence-electron chi connectivity index (χ2n) is 9.93. The lowest BCUT2D eigenvalue weighted by atomic mass is 9.60. The summed E-state index contributed by atoms with van der Waals surface area (Å²) in [6.07, 6.45) is 2.28. The molecule has 5 rings (SSSR count). The normalized spacial score (nSPS) is 24.1. The van der Waals surface area contributed by atoms with Gasteiger partial charge in [0.05, 0.1) is 23.6 Å². The molecule has 0 bridgehead atoms. The summed E-state index contributed by atoms with van der Waals surface area (Å²) in [5.41, 5.74) is 2.11. The highest BCUT2D eigenvalue weighted by Crippen LogP contribution is 2.55. The van der Waals surface area contributed by atoms with E-state index in [1.807, 2.05) is 0 Å². The third-order valence-electron chi connectivity index (χ3n) is 7.22. The number of carbonyl (C=O) groups excluding carboxylic acids is 1. The van der Waals surface area contributed by atoms with Gasteiger partial charge in [0.15, 0.2) is 11.6 Å². The minimum atomic E-state index is -3.73. The second-order valence-corrected chi connectivity index (χ2v) is 12.3. The SMILES string of the molecule is COc1ccc(S(=O)(=O)N2CCC3(CC2)C2=C(N=NC2)NC2=C3C(=O)CC(C)(C)C2)cc1Cl. The molecule has 1 N–H and O–H groups in total. The Morgan fingerprint density at radius 3 is 2.58 bits per heavy atom. The van der Waals surface area contributed by atoms with E-state index in [1.165, 1.54) is 23.5 Å². The van der Waals surface area contributed by atoms with Crippen LogP contribution in [0.25, 0.3) is 0 Å². The van der Waals surface area contributed by atoms with Crippen LogP contribution < -0.4 is 10.1 Å². The van der Waals surface area contributed by atoms with Gasteiger partial charge in [-0.25, -0.2) is 8.42 Å². The first-order chi connectivity index (χ1) is 15.6. The molecule has 0 saturated carbocycles. The van der Waals surface area contributed by atoms with Crippen LogP contribution >= 0.6 is 11.6 Å². The first-order valence-corrected chi connectivity index (χ1v) is 12.9. The molecule has 1 aliphatic carbocycles. The Morgan fingerprint density at radius 1 is 1.18 bits per heavy atom. The number of benzene rings is 1. The first-order valence-electron chi connectivity index (χ1n) is 11.1. The van der Waals surface area contributed by atoms with Crippen LogP contribution in [-0.2, 0) is 14.8 Å². The van der Waals surface area contributed by atoms with Crippen LogP contribution in [0.5, 0.6) is 5.75 Å². The van der Waals surface area contributed by atoms with Gasteiger partial charge in [0, 0.05) is 41.8 Å². The maximum atomic E-state index is 13.4. The number of hydrogen-bond donors (Lipinski definition) is 1. The minimum absolute atomic E-state index is 0.129. The lowest BCUT2D eigenvalue weighted by molar-refractivity contribution is -0.119. The van der Waals surface area contributed by atoms with E-state index in [1.54, 1.807) is 6.07 Å². The predicted octanol–water partition coefficient (Wildman–Crippen LogP) is 4.04. The zero-order valence-corrected chi connectivity index (χ0v) is 20.5. The number of piperidine rings is 1. The highest BCUT2D eigenvalue weighted by molar-refractivity contribution is 7.89. The van der Waals surface area contributed by atoms with Crippen molar-refractivity contribution in [3.63, 3.8) is 0 Å². The number of methoxy groups -OCH3 is 1. The largest absolute Gasteiger partial charge is 0.495 e. The first kappa shape index (κ1) is 22.6. The molecule has 4 aliphatic rings.